The maximum atomic E-state index is 12.1. The van der Waals surface area contributed by atoms with Crippen LogP contribution in [0.5, 0.6) is 11.5 Å². The van der Waals surface area contributed by atoms with Gasteiger partial charge < -0.3 is 19.5 Å². The first kappa shape index (κ1) is 17.0. The summed E-state index contributed by atoms with van der Waals surface area (Å²) < 4.78 is 16.8. The fraction of sp³-hybridized carbons (Fsp3) is 0.611. The van der Waals surface area contributed by atoms with Gasteiger partial charge in [0, 0.05) is 19.6 Å². The Hall–Kier alpha value is -1.79. The van der Waals surface area contributed by atoms with Crippen molar-refractivity contribution in [3.63, 3.8) is 0 Å². The van der Waals surface area contributed by atoms with E-state index >= 15 is 0 Å². The lowest BCUT2D eigenvalue weighted by Crippen LogP contribution is -2.49. The maximum absolute atomic E-state index is 12.1. The van der Waals surface area contributed by atoms with Crippen molar-refractivity contribution >= 4 is 5.91 Å². The van der Waals surface area contributed by atoms with Crippen molar-refractivity contribution in [2.75, 3.05) is 39.4 Å². The molecule has 0 aromatic heterocycles. The molecule has 2 aliphatic heterocycles. The molecular weight excluding hydrogens is 308 g/mol. The van der Waals surface area contributed by atoms with Gasteiger partial charge >= 0.3 is 0 Å². The van der Waals surface area contributed by atoms with Gasteiger partial charge in [0.15, 0.2) is 11.5 Å². The molecule has 2 atom stereocenters. The van der Waals surface area contributed by atoms with E-state index < -0.39 is 0 Å². The quantitative estimate of drug-likeness (QED) is 0.877. The van der Waals surface area contributed by atoms with Gasteiger partial charge in [0.1, 0.15) is 13.2 Å². The van der Waals surface area contributed by atoms with Crippen LogP contribution in [0.1, 0.15) is 19.4 Å². The zero-order valence-electron chi connectivity index (χ0n) is 14.4. The summed E-state index contributed by atoms with van der Waals surface area (Å²) in [5, 5.41) is 2.99. The van der Waals surface area contributed by atoms with Crippen LogP contribution in [0, 0.1) is 0 Å². The number of rotatable bonds is 5. The molecule has 2 aliphatic rings. The minimum Gasteiger partial charge on any atom is -0.486 e. The smallest absolute Gasteiger partial charge is 0.234 e. The molecule has 2 heterocycles. The molecule has 6 heteroatoms. The molecule has 0 spiro atoms. The lowest BCUT2D eigenvalue weighted by atomic mass is 10.1. The van der Waals surface area contributed by atoms with Gasteiger partial charge in [-0.1, -0.05) is 6.07 Å². The molecule has 0 radical (unpaired) electrons. The Kier molecular flexibility index (Phi) is 5.58. The largest absolute Gasteiger partial charge is 0.486 e. The van der Waals surface area contributed by atoms with E-state index in [1.54, 1.807) is 0 Å². The Balaban J connectivity index is 1.42. The number of hydrogen-bond acceptors (Lipinski definition) is 5. The number of carbonyl (C=O) groups is 1. The van der Waals surface area contributed by atoms with Crippen LogP contribution in [-0.2, 0) is 16.0 Å². The van der Waals surface area contributed by atoms with Crippen LogP contribution in [0.4, 0.5) is 0 Å². The molecule has 1 aromatic carbocycles. The second-order valence-electron chi connectivity index (χ2n) is 6.53. The molecule has 1 saturated heterocycles. The van der Waals surface area contributed by atoms with Crippen molar-refractivity contribution in [1.82, 2.24) is 10.2 Å². The SMILES string of the molecule is C[C@H]1CN(CC(=O)NCCc2ccc3c(c2)OCCO3)C[C@H](C)O1. The third-order valence-corrected chi connectivity index (χ3v) is 4.20. The predicted molar refractivity (Wildman–Crippen MR) is 90.6 cm³/mol. The molecule has 132 valence electrons. The summed E-state index contributed by atoms with van der Waals surface area (Å²) in [6, 6.07) is 5.94. The highest BCUT2D eigenvalue weighted by atomic mass is 16.6. The second kappa shape index (κ2) is 7.85. The van der Waals surface area contributed by atoms with Gasteiger partial charge in [-0.2, -0.15) is 0 Å². The Labute approximate surface area is 143 Å². The Morgan fingerprint density at radius 3 is 2.62 bits per heavy atom. The maximum Gasteiger partial charge on any atom is 0.234 e. The van der Waals surface area contributed by atoms with E-state index in [0.29, 0.717) is 26.3 Å². The van der Waals surface area contributed by atoms with Crippen LogP contribution in [0.25, 0.3) is 0 Å². The standard InChI is InChI=1S/C18H26N2O4/c1-13-10-20(11-14(2)24-13)12-18(21)19-6-5-15-3-4-16-17(9-15)23-8-7-22-16/h3-4,9,13-14H,5-8,10-12H2,1-2H3,(H,19,21)/t13-,14-/m0/s1. The number of carbonyl (C=O) groups excluding carboxylic acids is 1. The molecule has 1 aromatic rings. The van der Waals surface area contributed by atoms with Crippen molar-refractivity contribution in [3.05, 3.63) is 23.8 Å². The van der Waals surface area contributed by atoms with E-state index in [2.05, 4.69) is 10.2 Å². The number of fused-ring (bicyclic) bond motifs is 1. The summed E-state index contributed by atoms with van der Waals surface area (Å²) in [6.07, 6.45) is 1.14. The number of amides is 1. The lowest BCUT2D eigenvalue weighted by Gasteiger charge is -2.34. The van der Waals surface area contributed by atoms with Gasteiger partial charge in [-0.25, -0.2) is 0 Å². The predicted octanol–water partition coefficient (Wildman–Crippen LogP) is 1.23. The van der Waals surface area contributed by atoms with Crippen molar-refractivity contribution in [3.8, 4) is 11.5 Å². The minimum atomic E-state index is 0.0637. The number of benzene rings is 1. The Bertz CT molecular complexity index is 568. The summed E-state index contributed by atoms with van der Waals surface area (Å²) in [6.45, 7) is 7.93. The van der Waals surface area contributed by atoms with E-state index in [0.717, 1.165) is 36.6 Å². The van der Waals surface area contributed by atoms with Crippen molar-refractivity contribution in [2.24, 2.45) is 0 Å². The first-order valence-electron chi connectivity index (χ1n) is 8.63. The first-order chi connectivity index (χ1) is 11.6. The molecule has 24 heavy (non-hydrogen) atoms. The van der Waals surface area contributed by atoms with Crippen LogP contribution in [-0.4, -0.2) is 62.4 Å². The molecule has 0 bridgehead atoms. The summed E-state index contributed by atoms with van der Waals surface area (Å²) in [4.78, 5) is 14.3. The first-order valence-corrected chi connectivity index (χ1v) is 8.63. The number of ether oxygens (including phenoxy) is 3. The fourth-order valence-electron chi connectivity index (χ4n) is 3.26. The third kappa shape index (κ3) is 4.61. The number of hydrogen-bond donors (Lipinski definition) is 1. The van der Waals surface area contributed by atoms with Gasteiger partial charge in [0.25, 0.3) is 0 Å². The highest BCUT2D eigenvalue weighted by Crippen LogP contribution is 2.30. The normalized spacial score (nSPS) is 23.8. The van der Waals surface area contributed by atoms with E-state index in [9.17, 15) is 4.79 Å². The van der Waals surface area contributed by atoms with Crippen molar-refractivity contribution in [2.45, 2.75) is 32.5 Å². The van der Waals surface area contributed by atoms with E-state index in [4.69, 9.17) is 14.2 Å². The van der Waals surface area contributed by atoms with Gasteiger partial charge in [-0.05, 0) is 38.0 Å². The number of nitrogens with one attached hydrogen (secondary N) is 1. The van der Waals surface area contributed by atoms with Gasteiger partial charge in [0.2, 0.25) is 5.91 Å². The van der Waals surface area contributed by atoms with Gasteiger partial charge in [-0.15, -0.1) is 0 Å². The summed E-state index contributed by atoms with van der Waals surface area (Å²) >= 11 is 0. The molecule has 0 unspecified atom stereocenters. The summed E-state index contributed by atoms with van der Waals surface area (Å²) in [7, 11) is 0. The molecule has 0 aliphatic carbocycles. The van der Waals surface area contributed by atoms with Crippen molar-refractivity contribution < 1.29 is 19.0 Å². The van der Waals surface area contributed by atoms with Crippen LogP contribution >= 0.6 is 0 Å². The van der Waals surface area contributed by atoms with Crippen LogP contribution < -0.4 is 14.8 Å². The summed E-state index contributed by atoms with van der Waals surface area (Å²) in [5.74, 6) is 1.65. The van der Waals surface area contributed by atoms with Crippen molar-refractivity contribution in [1.29, 1.82) is 0 Å². The van der Waals surface area contributed by atoms with E-state index in [-0.39, 0.29) is 18.1 Å². The third-order valence-electron chi connectivity index (χ3n) is 4.20. The minimum absolute atomic E-state index is 0.0637. The fourth-order valence-corrected chi connectivity index (χ4v) is 3.26. The molecule has 1 amide bonds. The van der Waals surface area contributed by atoms with E-state index in [1.165, 1.54) is 0 Å². The Morgan fingerprint density at radius 2 is 1.88 bits per heavy atom. The molecule has 1 fully saturated rings. The molecule has 1 N–H and O–H groups in total. The molecule has 0 saturated carbocycles. The van der Waals surface area contributed by atoms with Gasteiger partial charge in [-0.3, -0.25) is 9.69 Å². The lowest BCUT2D eigenvalue weighted by molar-refractivity contribution is -0.125. The zero-order valence-corrected chi connectivity index (χ0v) is 14.4. The number of nitrogens with zero attached hydrogens (tertiary/aromatic N) is 1. The highest BCUT2D eigenvalue weighted by Gasteiger charge is 2.23. The van der Waals surface area contributed by atoms with Crippen LogP contribution in [0.3, 0.4) is 0 Å². The average Bonchev–Trinajstić information content (AvgIpc) is 2.53. The summed E-state index contributed by atoms with van der Waals surface area (Å²) in [5.41, 5.74) is 1.13. The van der Waals surface area contributed by atoms with Crippen LogP contribution in [0.2, 0.25) is 0 Å². The average molecular weight is 334 g/mol. The molecule has 6 nitrogen and oxygen atoms in total. The highest BCUT2D eigenvalue weighted by molar-refractivity contribution is 5.78. The topological polar surface area (TPSA) is 60.0 Å². The molecular formula is C18H26N2O4. The second-order valence-corrected chi connectivity index (χ2v) is 6.53. The van der Waals surface area contributed by atoms with Gasteiger partial charge in [0.05, 0.1) is 18.8 Å². The van der Waals surface area contributed by atoms with Crippen LogP contribution in [0.15, 0.2) is 18.2 Å². The Morgan fingerprint density at radius 1 is 1.17 bits per heavy atom. The number of morpholine rings is 1. The van der Waals surface area contributed by atoms with E-state index in [1.807, 2.05) is 32.0 Å². The molecule has 3 rings (SSSR count). The zero-order chi connectivity index (χ0) is 16.9. The monoisotopic (exact) mass is 334 g/mol.